The van der Waals surface area contributed by atoms with Gasteiger partial charge in [-0.05, 0) is 59.3 Å². The SMILES string of the molecule is COC(=O)C1=C(C)NC(=O)N[C@@H]1c1ccc(OCC(=O)N/N=C\c2ccc(I)o2)c(OC)c1. The van der Waals surface area contributed by atoms with Gasteiger partial charge in [-0.15, -0.1) is 0 Å². The highest BCUT2D eigenvalue weighted by molar-refractivity contribution is 14.1. The van der Waals surface area contributed by atoms with Gasteiger partial charge in [0.05, 0.1) is 32.0 Å². The second-order valence-electron chi connectivity index (χ2n) is 6.70. The van der Waals surface area contributed by atoms with Gasteiger partial charge in [-0.25, -0.2) is 15.0 Å². The first kappa shape index (κ1) is 24.1. The van der Waals surface area contributed by atoms with Crippen LogP contribution in [0.4, 0.5) is 4.79 Å². The number of allylic oxidation sites excluding steroid dienone is 1. The summed E-state index contributed by atoms with van der Waals surface area (Å²) in [5, 5.41) is 9.05. The number of halogens is 1. The van der Waals surface area contributed by atoms with Gasteiger partial charge in [0.2, 0.25) is 0 Å². The minimum absolute atomic E-state index is 0.260. The molecule has 1 atom stereocenters. The molecule has 1 aliphatic heterocycles. The van der Waals surface area contributed by atoms with Gasteiger partial charge in [-0.3, -0.25) is 4.79 Å². The van der Waals surface area contributed by atoms with E-state index in [-0.39, 0.29) is 12.2 Å². The van der Waals surface area contributed by atoms with Gasteiger partial charge in [0.15, 0.2) is 21.9 Å². The Balaban J connectivity index is 1.69. The lowest BCUT2D eigenvalue weighted by Crippen LogP contribution is -2.45. The van der Waals surface area contributed by atoms with E-state index in [1.54, 1.807) is 37.3 Å². The molecule has 3 rings (SSSR count). The third-order valence-corrected chi connectivity index (χ3v) is 5.11. The van der Waals surface area contributed by atoms with Gasteiger partial charge < -0.3 is 29.3 Å². The fourth-order valence-corrected chi connectivity index (χ4v) is 3.48. The minimum Gasteiger partial charge on any atom is -0.493 e. The van der Waals surface area contributed by atoms with Gasteiger partial charge >= 0.3 is 12.0 Å². The second kappa shape index (κ2) is 10.8. The molecular formula is C21H21IN4O7. The predicted octanol–water partition coefficient (Wildman–Crippen LogP) is 2.22. The first-order valence-corrected chi connectivity index (χ1v) is 10.6. The maximum absolute atomic E-state index is 12.3. The maximum atomic E-state index is 12.3. The number of hydrogen-bond donors (Lipinski definition) is 3. The van der Waals surface area contributed by atoms with Crippen LogP contribution in [0.1, 0.15) is 24.3 Å². The summed E-state index contributed by atoms with van der Waals surface area (Å²) in [5.41, 5.74) is 3.55. The van der Waals surface area contributed by atoms with Gasteiger partial charge in [-0.2, -0.15) is 5.10 Å². The van der Waals surface area contributed by atoms with Crippen LogP contribution in [0.15, 0.2) is 51.1 Å². The van der Waals surface area contributed by atoms with E-state index in [0.29, 0.717) is 32.3 Å². The number of esters is 1. The largest absolute Gasteiger partial charge is 0.493 e. The highest BCUT2D eigenvalue weighted by Crippen LogP contribution is 2.34. The molecule has 1 aromatic carbocycles. The zero-order valence-electron chi connectivity index (χ0n) is 17.9. The van der Waals surface area contributed by atoms with Crippen LogP contribution in [0.2, 0.25) is 0 Å². The lowest BCUT2D eigenvalue weighted by atomic mass is 9.95. The molecule has 0 aliphatic carbocycles. The van der Waals surface area contributed by atoms with Gasteiger partial charge in [-0.1, -0.05) is 6.07 Å². The molecule has 33 heavy (non-hydrogen) atoms. The molecule has 1 aromatic heterocycles. The van der Waals surface area contributed by atoms with Crippen molar-refractivity contribution in [3.8, 4) is 11.5 Å². The second-order valence-corrected chi connectivity index (χ2v) is 7.76. The van der Waals surface area contributed by atoms with E-state index in [1.165, 1.54) is 20.4 Å². The number of nitrogens with one attached hydrogen (secondary N) is 3. The molecule has 0 unspecified atom stereocenters. The summed E-state index contributed by atoms with van der Waals surface area (Å²) in [6.45, 7) is 1.29. The topological polar surface area (TPSA) is 140 Å². The Morgan fingerprint density at radius 3 is 2.70 bits per heavy atom. The van der Waals surface area contributed by atoms with E-state index >= 15 is 0 Å². The fraction of sp³-hybridized carbons (Fsp3) is 0.238. The number of ether oxygens (including phenoxy) is 3. The average Bonchev–Trinajstić information content (AvgIpc) is 3.21. The summed E-state index contributed by atoms with van der Waals surface area (Å²) in [6.07, 6.45) is 1.37. The van der Waals surface area contributed by atoms with Crippen molar-refractivity contribution in [2.45, 2.75) is 13.0 Å². The number of hydrazone groups is 1. The summed E-state index contributed by atoms with van der Waals surface area (Å²) in [5.74, 6) is 0.0326. The summed E-state index contributed by atoms with van der Waals surface area (Å²) in [4.78, 5) is 36.2. The van der Waals surface area contributed by atoms with E-state index in [1.807, 2.05) is 22.6 Å². The van der Waals surface area contributed by atoms with E-state index in [9.17, 15) is 14.4 Å². The highest BCUT2D eigenvalue weighted by Gasteiger charge is 2.32. The third-order valence-electron chi connectivity index (χ3n) is 4.53. The van der Waals surface area contributed by atoms with Crippen molar-refractivity contribution in [2.75, 3.05) is 20.8 Å². The molecule has 2 aromatic rings. The van der Waals surface area contributed by atoms with Gasteiger partial charge in [0.25, 0.3) is 5.91 Å². The van der Waals surface area contributed by atoms with Crippen LogP contribution in [0, 0.1) is 3.77 Å². The molecule has 0 bridgehead atoms. The van der Waals surface area contributed by atoms with Crippen LogP contribution < -0.4 is 25.5 Å². The highest BCUT2D eigenvalue weighted by atomic mass is 127. The number of nitrogens with zero attached hydrogens (tertiary/aromatic N) is 1. The molecule has 12 heteroatoms. The molecule has 0 spiro atoms. The number of amides is 3. The smallest absolute Gasteiger partial charge is 0.337 e. The van der Waals surface area contributed by atoms with E-state index in [2.05, 4.69) is 21.2 Å². The number of urea groups is 1. The summed E-state index contributed by atoms with van der Waals surface area (Å²) < 4.78 is 21.8. The third kappa shape index (κ3) is 6.03. The number of rotatable bonds is 8. The van der Waals surface area contributed by atoms with Crippen LogP contribution in [0.25, 0.3) is 0 Å². The van der Waals surface area contributed by atoms with E-state index < -0.39 is 23.9 Å². The number of furan rings is 1. The zero-order chi connectivity index (χ0) is 24.0. The summed E-state index contributed by atoms with van der Waals surface area (Å²) in [7, 11) is 2.70. The molecular weight excluding hydrogens is 547 g/mol. The molecule has 0 saturated carbocycles. The molecule has 3 amide bonds. The molecule has 3 N–H and O–H groups in total. The van der Waals surface area contributed by atoms with Crippen molar-refractivity contribution < 1.29 is 33.0 Å². The zero-order valence-corrected chi connectivity index (χ0v) is 20.1. The molecule has 174 valence electrons. The number of benzene rings is 1. The van der Waals surface area contributed by atoms with Crippen LogP contribution in [-0.2, 0) is 14.3 Å². The number of hydrogen-bond acceptors (Lipinski definition) is 8. The Kier molecular flexibility index (Phi) is 7.92. The van der Waals surface area contributed by atoms with Gasteiger partial charge in [0, 0.05) is 5.70 Å². The molecule has 0 radical (unpaired) electrons. The Morgan fingerprint density at radius 2 is 2.03 bits per heavy atom. The van der Waals surface area contributed by atoms with Crippen LogP contribution in [0.5, 0.6) is 11.5 Å². The molecule has 1 aliphatic rings. The molecule has 0 fully saturated rings. The number of methoxy groups -OCH3 is 2. The van der Waals surface area contributed by atoms with Crippen LogP contribution in [0.3, 0.4) is 0 Å². The normalized spacial score (nSPS) is 15.6. The van der Waals surface area contributed by atoms with Crippen molar-refractivity contribution >= 4 is 46.7 Å². The van der Waals surface area contributed by atoms with Crippen molar-refractivity contribution in [3.63, 3.8) is 0 Å². The average molecular weight is 568 g/mol. The number of carbonyl (C=O) groups excluding carboxylic acids is 3. The lowest BCUT2D eigenvalue weighted by molar-refractivity contribution is -0.136. The minimum atomic E-state index is -0.753. The van der Waals surface area contributed by atoms with Crippen molar-refractivity contribution in [1.29, 1.82) is 0 Å². The summed E-state index contributed by atoms with van der Waals surface area (Å²) in [6, 6.07) is 7.11. The summed E-state index contributed by atoms with van der Waals surface area (Å²) >= 11 is 2.02. The number of carbonyl (C=O) groups is 3. The maximum Gasteiger partial charge on any atom is 0.337 e. The Bertz CT molecular complexity index is 1130. The van der Waals surface area contributed by atoms with Crippen LogP contribution >= 0.6 is 22.6 Å². The monoisotopic (exact) mass is 568 g/mol. The first-order valence-electron chi connectivity index (χ1n) is 9.57. The van der Waals surface area contributed by atoms with E-state index in [0.717, 1.165) is 0 Å². The van der Waals surface area contributed by atoms with Crippen molar-refractivity contribution in [1.82, 2.24) is 16.1 Å². The fourth-order valence-electron chi connectivity index (χ4n) is 3.05. The molecule has 0 saturated heterocycles. The van der Waals surface area contributed by atoms with Gasteiger partial charge in [0.1, 0.15) is 5.76 Å². The van der Waals surface area contributed by atoms with Crippen molar-refractivity contribution in [3.05, 3.63) is 56.7 Å². The Labute approximate surface area is 202 Å². The predicted molar refractivity (Wildman–Crippen MR) is 125 cm³/mol. The Hall–Kier alpha value is -3.55. The van der Waals surface area contributed by atoms with E-state index in [4.69, 9.17) is 18.6 Å². The molecule has 2 heterocycles. The first-order chi connectivity index (χ1) is 15.8. The van der Waals surface area contributed by atoms with Crippen LogP contribution in [-0.4, -0.2) is 44.9 Å². The standard InChI is InChI=1S/C21H21IN4O7/c1-11-18(20(28)31-3)19(25-21(29)24-11)12-4-6-14(15(8-12)30-2)32-10-17(27)26-23-9-13-5-7-16(22)33-13/h4-9,19H,10H2,1-3H3,(H,26,27)(H2,24,25,29)/b23-9-/t19-/m1/s1. The van der Waals surface area contributed by atoms with Crippen molar-refractivity contribution in [2.24, 2.45) is 5.10 Å². The lowest BCUT2D eigenvalue weighted by Gasteiger charge is -2.28. The molecule has 11 nitrogen and oxygen atoms in total. The quantitative estimate of drug-likeness (QED) is 0.192. The Morgan fingerprint density at radius 1 is 1.24 bits per heavy atom.